The molecule has 0 bridgehead atoms. The van der Waals surface area contributed by atoms with Gasteiger partial charge in [0.05, 0.1) is 0 Å². The maximum Gasteiger partial charge on any atom is 0.158 e. The molecule has 0 aliphatic rings. The molecule has 0 amide bonds. The molecule has 0 saturated carbocycles. The topological polar surface area (TPSA) is 47.0 Å². The second-order valence-electron chi connectivity index (χ2n) is 5.96. The molecule has 0 aromatic carbocycles. The highest BCUT2D eigenvalue weighted by Gasteiger charge is 2.30. The van der Waals surface area contributed by atoms with Crippen LogP contribution in [-0.2, 0) is 11.3 Å². The molecule has 19 heavy (non-hydrogen) atoms. The van der Waals surface area contributed by atoms with Gasteiger partial charge >= 0.3 is 0 Å². The molecule has 0 radical (unpaired) electrons. The number of aromatic nitrogens is 2. The van der Waals surface area contributed by atoms with Gasteiger partial charge in [-0.3, -0.25) is 0 Å². The van der Waals surface area contributed by atoms with E-state index in [1.807, 2.05) is 27.8 Å². The average molecular weight is 265 g/mol. The molecule has 108 valence electrons. The van der Waals surface area contributed by atoms with Crippen molar-refractivity contribution in [3.63, 3.8) is 0 Å². The Hall–Kier alpha value is -1.00. The molecule has 4 nitrogen and oxygen atoms in total. The minimum Gasteiger partial charge on any atom is -0.370 e. The summed E-state index contributed by atoms with van der Waals surface area (Å²) in [6.45, 7) is 14.0. The standard InChI is InChI=1S/C15H27N3O/c1-8-19-13(15(4,5)6)14-17-10(2)12(9-16-7)11(3)18-14/h13,16H,8-9H2,1-7H3. The van der Waals surface area contributed by atoms with Crippen LogP contribution in [0.5, 0.6) is 0 Å². The lowest BCUT2D eigenvalue weighted by atomic mass is 9.88. The SMILES string of the molecule is CCOC(c1nc(C)c(CNC)c(C)n1)C(C)(C)C. The van der Waals surface area contributed by atoms with Crippen LogP contribution in [-0.4, -0.2) is 23.6 Å². The van der Waals surface area contributed by atoms with Gasteiger partial charge in [-0.15, -0.1) is 0 Å². The van der Waals surface area contributed by atoms with E-state index in [1.54, 1.807) is 0 Å². The normalized spacial score (nSPS) is 13.6. The highest BCUT2D eigenvalue weighted by molar-refractivity contribution is 5.25. The van der Waals surface area contributed by atoms with Crippen molar-refractivity contribution in [3.05, 3.63) is 22.8 Å². The molecule has 1 heterocycles. The zero-order valence-electron chi connectivity index (χ0n) is 13.3. The van der Waals surface area contributed by atoms with Crippen molar-refractivity contribution < 1.29 is 4.74 Å². The first-order chi connectivity index (χ1) is 8.81. The Labute approximate surface area is 117 Å². The zero-order valence-corrected chi connectivity index (χ0v) is 13.3. The number of hydrogen-bond acceptors (Lipinski definition) is 4. The third-order valence-electron chi connectivity index (χ3n) is 3.15. The van der Waals surface area contributed by atoms with Crippen molar-refractivity contribution in [2.75, 3.05) is 13.7 Å². The number of ether oxygens (including phenoxy) is 1. The molecule has 1 rings (SSSR count). The molecule has 0 aliphatic heterocycles. The smallest absolute Gasteiger partial charge is 0.158 e. The van der Waals surface area contributed by atoms with Crippen molar-refractivity contribution in [3.8, 4) is 0 Å². The first kappa shape index (κ1) is 16.1. The molecule has 0 spiro atoms. The minimum absolute atomic E-state index is 0.0145. The van der Waals surface area contributed by atoms with Crippen molar-refractivity contribution in [2.24, 2.45) is 5.41 Å². The van der Waals surface area contributed by atoms with Crippen LogP contribution in [0.4, 0.5) is 0 Å². The number of hydrogen-bond donors (Lipinski definition) is 1. The Bertz CT molecular complexity index is 401. The summed E-state index contributed by atoms with van der Waals surface area (Å²) in [6, 6.07) is 0. The lowest BCUT2D eigenvalue weighted by Gasteiger charge is -2.29. The maximum absolute atomic E-state index is 5.86. The van der Waals surface area contributed by atoms with Gasteiger partial charge in [-0.1, -0.05) is 20.8 Å². The van der Waals surface area contributed by atoms with Crippen LogP contribution in [0.1, 0.15) is 56.6 Å². The van der Waals surface area contributed by atoms with Gasteiger partial charge in [-0.25, -0.2) is 9.97 Å². The molecule has 1 aromatic rings. The fraction of sp³-hybridized carbons (Fsp3) is 0.733. The zero-order chi connectivity index (χ0) is 14.6. The van der Waals surface area contributed by atoms with Crippen LogP contribution in [0.25, 0.3) is 0 Å². The lowest BCUT2D eigenvalue weighted by molar-refractivity contribution is -0.0193. The van der Waals surface area contributed by atoms with Gasteiger partial charge in [0.25, 0.3) is 0 Å². The molecular weight excluding hydrogens is 238 g/mol. The fourth-order valence-corrected chi connectivity index (χ4v) is 2.19. The maximum atomic E-state index is 5.86. The molecule has 0 aliphatic carbocycles. The molecular formula is C15H27N3O. The van der Waals surface area contributed by atoms with Crippen molar-refractivity contribution in [1.82, 2.24) is 15.3 Å². The van der Waals surface area contributed by atoms with Crippen LogP contribution >= 0.6 is 0 Å². The fourth-order valence-electron chi connectivity index (χ4n) is 2.19. The largest absolute Gasteiger partial charge is 0.370 e. The van der Waals surface area contributed by atoms with Gasteiger partial charge in [-0.2, -0.15) is 0 Å². The molecule has 1 aromatic heterocycles. The van der Waals surface area contributed by atoms with E-state index in [0.717, 1.165) is 23.8 Å². The van der Waals surface area contributed by atoms with E-state index in [9.17, 15) is 0 Å². The highest BCUT2D eigenvalue weighted by atomic mass is 16.5. The second kappa shape index (κ2) is 6.44. The molecule has 1 unspecified atom stereocenters. The number of nitrogens with zero attached hydrogens (tertiary/aromatic N) is 2. The van der Waals surface area contributed by atoms with Gasteiger partial charge < -0.3 is 10.1 Å². The predicted octanol–water partition coefficient (Wildman–Crippen LogP) is 2.94. The van der Waals surface area contributed by atoms with Crippen molar-refractivity contribution in [2.45, 2.75) is 54.2 Å². The van der Waals surface area contributed by atoms with Crippen molar-refractivity contribution >= 4 is 0 Å². The third kappa shape index (κ3) is 3.98. The number of rotatable bonds is 5. The van der Waals surface area contributed by atoms with Gasteiger partial charge in [0.1, 0.15) is 6.10 Å². The molecule has 4 heteroatoms. The quantitative estimate of drug-likeness (QED) is 0.889. The number of nitrogens with one attached hydrogen (secondary N) is 1. The summed E-state index contributed by atoms with van der Waals surface area (Å²) in [4.78, 5) is 9.32. The van der Waals surface area contributed by atoms with E-state index in [-0.39, 0.29) is 11.5 Å². The second-order valence-corrected chi connectivity index (χ2v) is 5.96. The molecule has 1 N–H and O–H groups in total. The summed E-state index contributed by atoms with van der Waals surface area (Å²) < 4.78 is 5.86. The molecule has 1 atom stereocenters. The van der Waals surface area contributed by atoms with Gasteiger partial charge in [0.2, 0.25) is 0 Å². The summed E-state index contributed by atoms with van der Waals surface area (Å²) in [7, 11) is 1.94. The molecule has 0 fully saturated rings. The Morgan fingerprint density at radius 1 is 1.16 bits per heavy atom. The summed E-state index contributed by atoms with van der Waals surface area (Å²) in [5, 5.41) is 3.16. The Balaban J connectivity index is 3.19. The summed E-state index contributed by atoms with van der Waals surface area (Å²) in [6.07, 6.45) is -0.0708. The van der Waals surface area contributed by atoms with Gasteiger partial charge in [-0.05, 0) is 33.2 Å². The highest BCUT2D eigenvalue weighted by Crippen LogP contribution is 2.34. The van der Waals surface area contributed by atoms with Crippen LogP contribution < -0.4 is 5.32 Å². The first-order valence-corrected chi connectivity index (χ1v) is 6.91. The summed E-state index contributed by atoms with van der Waals surface area (Å²) in [5.74, 6) is 0.796. The third-order valence-corrected chi connectivity index (χ3v) is 3.15. The predicted molar refractivity (Wildman–Crippen MR) is 78.1 cm³/mol. The first-order valence-electron chi connectivity index (χ1n) is 6.91. The monoisotopic (exact) mass is 265 g/mol. The lowest BCUT2D eigenvalue weighted by Crippen LogP contribution is -2.25. The van der Waals surface area contributed by atoms with E-state index in [4.69, 9.17) is 4.74 Å². The van der Waals surface area contributed by atoms with Crippen LogP contribution in [0.3, 0.4) is 0 Å². The van der Waals surface area contributed by atoms with Gasteiger partial charge in [0, 0.05) is 30.1 Å². The average Bonchev–Trinajstić information content (AvgIpc) is 2.29. The Kier molecular flexibility index (Phi) is 5.44. The van der Waals surface area contributed by atoms with Crippen LogP contribution in [0, 0.1) is 19.3 Å². The van der Waals surface area contributed by atoms with Crippen LogP contribution in [0.15, 0.2) is 0 Å². The van der Waals surface area contributed by atoms with E-state index in [2.05, 4.69) is 36.1 Å². The Morgan fingerprint density at radius 2 is 1.68 bits per heavy atom. The van der Waals surface area contributed by atoms with E-state index < -0.39 is 0 Å². The number of aryl methyl sites for hydroxylation is 2. The summed E-state index contributed by atoms with van der Waals surface area (Å²) in [5.41, 5.74) is 3.23. The Morgan fingerprint density at radius 3 is 2.05 bits per heavy atom. The summed E-state index contributed by atoms with van der Waals surface area (Å²) >= 11 is 0. The van der Waals surface area contributed by atoms with Crippen molar-refractivity contribution in [1.29, 1.82) is 0 Å². The van der Waals surface area contributed by atoms with E-state index in [0.29, 0.717) is 6.61 Å². The van der Waals surface area contributed by atoms with Gasteiger partial charge in [0.15, 0.2) is 5.82 Å². The van der Waals surface area contributed by atoms with Crippen LogP contribution in [0.2, 0.25) is 0 Å². The molecule has 0 saturated heterocycles. The minimum atomic E-state index is -0.0708. The van der Waals surface area contributed by atoms with E-state index in [1.165, 1.54) is 5.56 Å². The van der Waals surface area contributed by atoms with E-state index >= 15 is 0 Å².